The molecule has 4 aromatic rings. The molecule has 2 aromatic heterocycles. The lowest BCUT2D eigenvalue weighted by Gasteiger charge is -2.16. The van der Waals surface area contributed by atoms with Gasteiger partial charge in [0.15, 0.2) is 12.0 Å². The summed E-state index contributed by atoms with van der Waals surface area (Å²) < 4.78 is 8.05. The van der Waals surface area contributed by atoms with E-state index in [9.17, 15) is 10.1 Å². The van der Waals surface area contributed by atoms with Crippen molar-refractivity contribution in [1.82, 2.24) is 14.5 Å². The first-order valence-corrected chi connectivity index (χ1v) is 10.5. The zero-order valence-corrected chi connectivity index (χ0v) is 18.9. The van der Waals surface area contributed by atoms with Crippen LogP contribution in [0.3, 0.4) is 0 Å². The molecule has 0 saturated carbocycles. The number of anilines is 2. The number of hydrogen-bond acceptors (Lipinski definition) is 7. The Labute approximate surface area is 191 Å². The maximum Gasteiger partial charge on any atom is 0.158 e. The molecule has 2 aromatic carbocycles. The number of aldehydes is 1. The maximum atomic E-state index is 11.8. The Kier molecular flexibility index (Phi) is 5.48. The highest BCUT2D eigenvalue weighted by Crippen LogP contribution is 2.38. The largest absolute Gasteiger partial charge is 0.455 e. The zero-order chi connectivity index (χ0) is 23.9. The van der Waals surface area contributed by atoms with Crippen LogP contribution in [0.5, 0.6) is 11.5 Å². The van der Waals surface area contributed by atoms with Crippen molar-refractivity contribution in [3.63, 3.8) is 0 Å². The number of nitrogens with zero attached hydrogens (tertiary/aromatic N) is 4. The van der Waals surface area contributed by atoms with Crippen molar-refractivity contribution >= 4 is 28.8 Å². The molecule has 0 aliphatic carbocycles. The second-order valence-electron chi connectivity index (χ2n) is 8.14. The molecule has 0 aliphatic rings. The summed E-state index contributed by atoms with van der Waals surface area (Å²) in [6.45, 7) is 7.71. The molecule has 4 rings (SSSR count). The fourth-order valence-electron chi connectivity index (χ4n) is 3.92. The van der Waals surface area contributed by atoms with Gasteiger partial charge in [0, 0.05) is 17.8 Å². The number of benzene rings is 2. The SMILES string of the molecule is Cc1c(C)c(C=O)c(Oc2ccc(-c3cn(C(C)C)c4ncnc(N)c34)cc2)c(C#N)c1N. The van der Waals surface area contributed by atoms with Gasteiger partial charge in [0.05, 0.1) is 16.6 Å². The summed E-state index contributed by atoms with van der Waals surface area (Å²) in [4.78, 5) is 20.3. The standard InChI is InChI=1S/C25H24N6O2/c1-13(2)31-10-19(21-24(28)29-12-30-25(21)31)16-5-7-17(8-6-16)33-23-18(9-26)22(27)15(4)14(3)20(23)11-32/h5-8,10-13H,27H2,1-4H3,(H2,28,29,30). The minimum atomic E-state index is 0.147. The Morgan fingerprint density at radius 1 is 1.12 bits per heavy atom. The van der Waals surface area contributed by atoms with Gasteiger partial charge in [-0.2, -0.15) is 5.26 Å². The van der Waals surface area contributed by atoms with Crippen molar-refractivity contribution in [2.75, 3.05) is 11.5 Å². The number of fused-ring (bicyclic) bond motifs is 1. The lowest BCUT2D eigenvalue weighted by Crippen LogP contribution is -2.05. The number of ether oxygens (including phenoxy) is 1. The normalized spacial score (nSPS) is 11.0. The third kappa shape index (κ3) is 3.53. The van der Waals surface area contributed by atoms with Crippen LogP contribution in [-0.4, -0.2) is 20.8 Å². The molecule has 0 saturated heterocycles. The lowest BCUT2D eigenvalue weighted by atomic mass is 9.96. The molecular weight excluding hydrogens is 416 g/mol. The third-order valence-corrected chi connectivity index (χ3v) is 5.92. The van der Waals surface area contributed by atoms with Gasteiger partial charge < -0.3 is 20.8 Å². The quantitative estimate of drug-likeness (QED) is 0.332. The molecule has 0 amide bonds. The van der Waals surface area contributed by atoms with E-state index in [1.165, 1.54) is 6.33 Å². The van der Waals surface area contributed by atoms with Crippen LogP contribution in [0.4, 0.5) is 11.5 Å². The summed E-state index contributed by atoms with van der Waals surface area (Å²) in [5.74, 6) is 1.04. The first kappa shape index (κ1) is 21.8. The van der Waals surface area contributed by atoms with Crippen molar-refractivity contribution < 1.29 is 9.53 Å². The number of hydrogen-bond donors (Lipinski definition) is 2. The number of carbonyl (C=O) groups excluding carboxylic acids is 1. The van der Waals surface area contributed by atoms with Gasteiger partial charge in [-0.05, 0) is 56.5 Å². The summed E-state index contributed by atoms with van der Waals surface area (Å²) in [7, 11) is 0. The Balaban J connectivity index is 1.78. The summed E-state index contributed by atoms with van der Waals surface area (Å²) in [6.07, 6.45) is 4.17. The summed E-state index contributed by atoms with van der Waals surface area (Å²) >= 11 is 0. The Hall–Kier alpha value is -4.38. The Morgan fingerprint density at radius 3 is 2.42 bits per heavy atom. The van der Waals surface area contributed by atoms with E-state index in [0.29, 0.717) is 40.2 Å². The van der Waals surface area contributed by atoms with Crippen molar-refractivity contribution in [1.29, 1.82) is 5.26 Å². The van der Waals surface area contributed by atoms with E-state index in [0.717, 1.165) is 22.2 Å². The third-order valence-electron chi connectivity index (χ3n) is 5.92. The van der Waals surface area contributed by atoms with Crippen LogP contribution >= 0.6 is 0 Å². The van der Waals surface area contributed by atoms with E-state index < -0.39 is 0 Å². The zero-order valence-electron chi connectivity index (χ0n) is 18.9. The highest BCUT2D eigenvalue weighted by Gasteiger charge is 2.21. The Bertz CT molecular complexity index is 1430. The minimum Gasteiger partial charge on any atom is -0.455 e. The number of rotatable bonds is 5. The molecule has 4 N–H and O–H groups in total. The van der Waals surface area contributed by atoms with Crippen LogP contribution in [0.1, 0.15) is 46.9 Å². The second-order valence-corrected chi connectivity index (χ2v) is 8.14. The van der Waals surface area contributed by atoms with Crippen LogP contribution in [0.25, 0.3) is 22.2 Å². The van der Waals surface area contributed by atoms with Gasteiger partial charge in [0.25, 0.3) is 0 Å². The molecule has 2 heterocycles. The molecule has 8 nitrogen and oxygen atoms in total. The van der Waals surface area contributed by atoms with Crippen LogP contribution in [0.15, 0.2) is 36.8 Å². The van der Waals surface area contributed by atoms with Gasteiger partial charge in [0.2, 0.25) is 0 Å². The molecule has 0 atom stereocenters. The van der Waals surface area contributed by atoms with Gasteiger partial charge in [-0.15, -0.1) is 0 Å². The van der Waals surface area contributed by atoms with E-state index >= 15 is 0 Å². The van der Waals surface area contributed by atoms with E-state index in [4.69, 9.17) is 16.2 Å². The fraction of sp³-hybridized carbons (Fsp3) is 0.200. The second kappa shape index (κ2) is 8.28. The van der Waals surface area contributed by atoms with Gasteiger partial charge in [-0.3, -0.25) is 4.79 Å². The van der Waals surface area contributed by atoms with Gasteiger partial charge in [-0.1, -0.05) is 12.1 Å². The summed E-state index contributed by atoms with van der Waals surface area (Å²) in [5, 5.41) is 10.4. The minimum absolute atomic E-state index is 0.147. The van der Waals surface area contributed by atoms with Gasteiger partial charge in [0.1, 0.15) is 35.2 Å². The highest BCUT2D eigenvalue weighted by atomic mass is 16.5. The Morgan fingerprint density at radius 2 is 1.82 bits per heavy atom. The highest BCUT2D eigenvalue weighted by molar-refractivity contribution is 6.00. The van der Waals surface area contributed by atoms with Crippen molar-refractivity contribution in [3.05, 3.63) is 59.0 Å². The van der Waals surface area contributed by atoms with Gasteiger partial charge in [-0.25, -0.2) is 9.97 Å². The topological polar surface area (TPSA) is 133 Å². The van der Waals surface area contributed by atoms with Crippen molar-refractivity contribution in [2.24, 2.45) is 0 Å². The molecule has 0 bridgehead atoms. The van der Waals surface area contributed by atoms with E-state index in [-0.39, 0.29) is 17.4 Å². The van der Waals surface area contributed by atoms with E-state index in [2.05, 4.69) is 34.5 Å². The average molecular weight is 441 g/mol. The van der Waals surface area contributed by atoms with Crippen LogP contribution < -0.4 is 16.2 Å². The van der Waals surface area contributed by atoms with Crippen LogP contribution in [-0.2, 0) is 0 Å². The van der Waals surface area contributed by atoms with E-state index in [1.54, 1.807) is 26.0 Å². The number of nitrogens with two attached hydrogens (primary N) is 2. The molecule has 0 unspecified atom stereocenters. The molecule has 166 valence electrons. The maximum absolute atomic E-state index is 11.8. The molecule has 8 heteroatoms. The smallest absolute Gasteiger partial charge is 0.158 e. The average Bonchev–Trinajstić information content (AvgIpc) is 3.20. The van der Waals surface area contributed by atoms with Crippen LogP contribution in [0.2, 0.25) is 0 Å². The monoisotopic (exact) mass is 440 g/mol. The molecule has 0 radical (unpaired) electrons. The predicted molar refractivity (Wildman–Crippen MR) is 128 cm³/mol. The lowest BCUT2D eigenvalue weighted by molar-refractivity contribution is 0.112. The van der Waals surface area contributed by atoms with Crippen molar-refractivity contribution in [3.8, 4) is 28.7 Å². The van der Waals surface area contributed by atoms with E-state index in [1.807, 2.05) is 18.3 Å². The molecule has 33 heavy (non-hydrogen) atoms. The first-order valence-electron chi connectivity index (χ1n) is 10.5. The molecule has 0 spiro atoms. The molecular formula is C25H24N6O2. The fourth-order valence-corrected chi connectivity index (χ4v) is 3.92. The molecule has 0 fully saturated rings. The summed E-state index contributed by atoms with van der Waals surface area (Å²) in [6, 6.07) is 9.58. The van der Waals surface area contributed by atoms with Crippen molar-refractivity contribution in [2.45, 2.75) is 33.7 Å². The predicted octanol–water partition coefficient (Wildman–Crippen LogP) is 4.94. The van der Waals surface area contributed by atoms with Gasteiger partial charge >= 0.3 is 0 Å². The summed E-state index contributed by atoms with van der Waals surface area (Å²) in [5.41, 5.74) is 17.0. The number of aromatic nitrogens is 3. The molecule has 0 aliphatic heterocycles. The van der Waals surface area contributed by atoms with Crippen LogP contribution in [0, 0.1) is 25.2 Å². The number of nitrogen functional groups attached to an aromatic ring is 2. The first-order chi connectivity index (χ1) is 15.8. The number of nitriles is 1. The number of carbonyl (C=O) groups is 1.